The predicted molar refractivity (Wildman–Crippen MR) is 70.5 cm³/mol. The Hall–Kier alpha value is -1.16. The summed E-state index contributed by atoms with van der Waals surface area (Å²) in [6.45, 7) is 6.07. The highest BCUT2D eigenvalue weighted by Crippen LogP contribution is 2.24. The molecule has 1 fully saturated rings. The van der Waals surface area contributed by atoms with Crippen molar-refractivity contribution in [2.45, 2.75) is 26.7 Å². The molecule has 1 saturated heterocycles. The summed E-state index contributed by atoms with van der Waals surface area (Å²) in [4.78, 5) is 14.2. The lowest BCUT2D eigenvalue weighted by Gasteiger charge is -2.34. The van der Waals surface area contributed by atoms with Gasteiger partial charge in [0.05, 0.1) is 11.8 Å². The Bertz CT molecular complexity index is 436. The zero-order valence-electron chi connectivity index (χ0n) is 10.8. The van der Waals surface area contributed by atoms with Crippen LogP contribution in [0.4, 0.5) is 0 Å². The molecule has 1 atom stereocenters. The SMILES string of the molecule is CC(C)C1CCCN(C(=O)c2cnnc(Cl)c2)C1. The van der Waals surface area contributed by atoms with E-state index in [1.54, 1.807) is 6.07 Å². The summed E-state index contributed by atoms with van der Waals surface area (Å²) in [6, 6.07) is 1.58. The quantitative estimate of drug-likeness (QED) is 0.828. The minimum absolute atomic E-state index is 0.0113. The molecule has 18 heavy (non-hydrogen) atoms. The number of amides is 1. The second kappa shape index (κ2) is 5.65. The maximum absolute atomic E-state index is 12.3. The predicted octanol–water partition coefficient (Wildman–Crippen LogP) is 2.64. The average molecular weight is 268 g/mol. The summed E-state index contributed by atoms with van der Waals surface area (Å²) in [5.41, 5.74) is 0.527. The van der Waals surface area contributed by atoms with Crippen LogP contribution in [0.25, 0.3) is 0 Å². The van der Waals surface area contributed by atoms with Crippen LogP contribution >= 0.6 is 11.6 Å². The molecule has 1 aromatic rings. The number of piperidine rings is 1. The van der Waals surface area contributed by atoms with Crippen LogP contribution in [-0.2, 0) is 0 Å². The lowest BCUT2D eigenvalue weighted by atomic mass is 9.88. The zero-order chi connectivity index (χ0) is 13.1. The second-order valence-corrected chi connectivity index (χ2v) is 5.55. The van der Waals surface area contributed by atoms with Gasteiger partial charge in [0.1, 0.15) is 0 Å². The summed E-state index contributed by atoms with van der Waals surface area (Å²) in [7, 11) is 0. The maximum Gasteiger partial charge on any atom is 0.255 e. The van der Waals surface area contributed by atoms with E-state index in [1.807, 2.05) is 4.90 Å². The first-order valence-corrected chi connectivity index (χ1v) is 6.73. The minimum atomic E-state index is 0.0113. The summed E-state index contributed by atoms with van der Waals surface area (Å²) in [6.07, 6.45) is 3.75. The molecule has 0 aliphatic carbocycles. The van der Waals surface area contributed by atoms with E-state index in [0.717, 1.165) is 19.5 Å². The van der Waals surface area contributed by atoms with Gasteiger partial charge < -0.3 is 4.90 Å². The highest BCUT2D eigenvalue weighted by molar-refractivity contribution is 6.29. The van der Waals surface area contributed by atoms with Crippen molar-refractivity contribution >= 4 is 17.5 Å². The normalized spacial score (nSPS) is 20.2. The van der Waals surface area contributed by atoms with Gasteiger partial charge in [0.2, 0.25) is 0 Å². The molecule has 1 unspecified atom stereocenters. The van der Waals surface area contributed by atoms with E-state index < -0.39 is 0 Å². The number of hydrogen-bond donors (Lipinski definition) is 0. The number of carbonyl (C=O) groups is 1. The van der Waals surface area contributed by atoms with Gasteiger partial charge in [-0.25, -0.2) is 0 Å². The Kier molecular flexibility index (Phi) is 4.17. The zero-order valence-corrected chi connectivity index (χ0v) is 11.5. The molecule has 0 radical (unpaired) electrons. The van der Waals surface area contributed by atoms with Gasteiger partial charge in [0.15, 0.2) is 5.15 Å². The number of hydrogen-bond acceptors (Lipinski definition) is 3. The standard InChI is InChI=1S/C13H18ClN3O/c1-9(2)10-4-3-5-17(8-10)13(18)11-6-12(14)16-15-7-11/h6-7,9-10H,3-5,8H2,1-2H3. The van der Waals surface area contributed by atoms with Crippen LogP contribution in [0.15, 0.2) is 12.3 Å². The van der Waals surface area contributed by atoms with E-state index in [2.05, 4.69) is 24.0 Å². The molecule has 0 spiro atoms. The van der Waals surface area contributed by atoms with Crippen LogP contribution in [0.3, 0.4) is 0 Å². The van der Waals surface area contributed by atoms with Crippen LogP contribution < -0.4 is 0 Å². The van der Waals surface area contributed by atoms with Crippen molar-refractivity contribution < 1.29 is 4.79 Å². The Morgan fingerprint density at radius 3 is 3.00 bits per heavy atom. The molecule has 1 aliphatic heterocycles. The van der Waals surface area contributed by atoms with Gasteiger partial charge in [-0.2, -0.15) is 5.10 Å². The molecule has 0 saturated carbocycles. The summed E-state index contributed by atoms with van der Waals surface area (Å²) >= 11 is 5.76. The molecule has 1 amide bonds. The topological polar surface area (TPSA) is 46.1 Å². The monoisotopic (exact) mass is 267 g/mol. The molecule has 4 nitrogen and oxygen atoms in total. The highest BCUT2D eigenvalue weighted by Gasteiger charge is 2.26. The van der Waals surface area contributed by atoms with Gasteiger partial charge in [0.25, 0.3) is 5.91 Å². The first-order chi connectivity index (χ1) is 8.58. The molecule has 98 valence electrons. The van der Waals surface area contributed by atoms with E-state index in [4.69, 9.17) is 11.6 Å². The van der Waals surface area contributed by atoms with Gasteiger partial charge in [-0.3, -0.25) is 4.79 Å². The van der Waals surface area contributed by atoms with Gasteiger partial charge in [-0.05, 0) is 30.7 Å². The molecule has 0 aromatic carbocycles. The first-order valence-electron chi connectivity index (χ1n) is 6.35. The Labute approximate surface area is 112 Å². The molecular formula is C13H18ClN3O. The number of likely N-dealkylation sites (tertiary alicyclic amines) is 1. The van der Waals surface area contributed by atoms with Crippen LogP contribution in [0, 0.1) is 11.8 Å². The van der Waals surface area contributed by atoms with Crippen LogP contribution in [0.5, 0.6) is 0 Å². The second-order valence-electron chi connectivity index (χ2n) is 5.16. The number of nitrogens with zero attached hydrogens (tertiary/aromatic N) is 3. The molecule has 5 heteroatoms. The third-order valence-corrected chi connectivity index (χ3v) is 3.74. The highest BCUT2D eigenvalue weighted by atomic mass is 35.5. The molecule has 2 rings (SSSR count). The smallest absolute Gasteiger partial charge is 0.255 e. The van der Waals surface area contributed by atoms with Crippen LogP contribution in [0.2, 0.25) is 5.15 Å². The molecule has 1 aliphatic rings. The fraction of sp³-hybridized carbons (Fsp3) is 0.615. The lowest BCUT2D eigenvalue weighted by Crippen LogP contribution is -2.41. The molecular weight excluding hydrogens is 250 g/mol. The molecule has 2 heterocycles. The van der Waals surface area contributed by atoms with Gasteiger partial charge in [-0.1, -0.05) is 25.4 Å². The van der Waals surface area contributed by atoms with Crippen molar-refractivity contribution in [2.75, 3.05) is 13.1 Å². The minimum Gasteiger partial charge on any atom is -0.338 e. The van der Waals surface area contributed by atoms with Crippen molar-refractivity contribution in [3.05, 3.63) is 23.0 Å². The summed E-state index contributed by atoms with van der Waals surface area (Å²) in [5.74, 6) is 1.21. The first kappa shape index (κ1) is 13.3. The lowest BCUT2D eigenvalue weighted by molar-refractivity contribution is 0.0641. The van der Waals surface area contributed by atoms with Gasteiger partial charge in [0, 0.05) is 13.1 Å². The number of carbonyl (C=O) groups excluding carboxylic acids is 1. The third-order valence-electron chi connectivity index (χ3n) is 3.56. The van der Waals surface area contributed by atoms with Gasteiger partial charge >= 0.3 is 0 Å². The van der Waals surface area contributed by atoms with Crippen molar-refractivity contribution in [2.24, 2.45) is 11.8 Å². The largest absolute Gasteiger partial charge is 0.338 e. The van der Waals surface area contributed by atoms with E-state index in [-0.39, 0.29) is 11.1 Å². The molecule has 0 bridgehead atoms. The number of halogens is 1. The van der Waals surface area contributed by atoms with Crippen molar-refractivity contribution in [3.63, 3.8) is 0 Å². The van der Waals surface area contributed by atoms with E-state index in [9.17, 15) is 4.79 Å². The molecule has 0 N–H and O–H groups in total. The number of aromatic nitrogens is 2. The Morgan fingerprint density at radius 1 is 1.56 bits per heavy atom. The van der Waals surface area contributed by atoms with E-state index in [1.165, 1.54) is 12.6 Å². The summed E-state index contributed by atoms with van der Waals surface area (Å²) < 4.78 is 0. The Morgan fingerprint density at radius 2 is 2.33 bits per heavy atom. The van der Waals surface area contributed by atoms with Crippen molar-refractivity contribution in [1.29, 1.82) is 0 Å². The van der Waals surface area contributed by atoms with Gasteiger partial charge in [-0.15, -0.1) is 5.10 Å². The fourth-order valence-electron chi connectivity index (χ4n) is 2.38. The average Bonchev–Trinajstić information content (AvgIpc) is 2.38. The van der Waals surface area contributed by atoms with Crippen LogP contribution in [0.1, 0.15) is 37.0 Å². The maximum atomic E-state index is 12.3. The van der Waals surface area contributed by atoms with Crippen molar-refractivity contribution in [1.82, 2.24) is 15.1 Å². The Balaban J connectivity index is 2.09. The third kappa shape index (κ3) is 2.99. The van der Waals surface area contributed by atoms with E-state index >= 15 is 0 Å². The van der Waals surface area contributed by atoms with E-state index in [0.29, 0.717) is 17.4 Å². The van der Waals surface area contributed by atoms with Crippen molar-refractivity contribution in [3.8, 4) is 0 Å². The fourth-order valence-corrected chi connectivity index (χ4v) is 2.54. The number of rotatable bonds is 2. The summed E-state index contributed by atoms with van der Waals surface area (Å²) in [5, 5.41) is 7.64. The van der Waals surface area contributed by atoms with Crippen LogP contribution in [-0.4, -0.2) is 34.1 Å². The molecule has 1 aromatic heterocycles.